The molecule has 2 aromatic carbocycles. The molecule has 0 unspecified atom stereocenters. The van der Waals surface area contributed by atoms with Crippen molar-refractivity contribution in [2.45, 2.75) is 20.0 Å². The Labute approximate surface area is 209 Å². The van der Waals surface area contributed by atoms with Gasteiger partial charge < -0.3 is 4.74 Å². The quantitative estimate of drug-likeness (QED) is 0.156. The van der Waals surface area contributed by atoms with E-state index in [1.807, 2.05) is 30.3 Å². The van der Waals surface area contributed by atoms with E-state index >= 15 is 0 Å². The molecule has 2 heterocycles. The first-order valence-corrected chi connectivity index (χ1v) is 11.2. The van der Waals surface area contributed by atoms with E-state index in [1.54, 1.807) is 11.5 Å². The fraction of sp³-hybridized carbons (Fsp3) is 0.208. The number of esters is 1. The number of rotatable bonds is 9. The van der Waals surface area contributed by atoms with Crippen molar-refractivity contribution in [1.29, 1.82) is 0 Å². The normalized spacial score (nSPS) is 11.2. The minimum absolute atomic E-state index is 0.0465. The molecule has 0 saturated carbocycles. The Kier molecular flexibility index (Phi) is 7.23. The molecule has 0 spiro atoms. The van der Waals surface area contributed by atoms with Gasteiger partial charge in [0.15, 0.2) is 11.2 Å². The van der Waals surface area contributed by atoms with Crippen LogP contribution in [0.15, 0.2) is 69.3 Å². The number of aryl methyl sites for hydroxylation is 1. The highest BCUT2D eigenvalue weighted by molar-refractivity contribution is 5.81. The second kappa shape index (κ2) is 10.7. The number of hydrazone groups is 1. The van der Waals surface area contributed by atoms with E-state index in [4.69, 9.17) is 4.74 Å². The highest BCUT2D eigenvalue weighted by Crippen LogP contribution is 2.18. The lowest BCUT2D eigenvalue weighted by Crippen LogP contribution is -2.41. The maximum Gasteiger partial charge on any atom is 0.333 e. The summed E-state index contributed by atoms with van der Waals surface area (Å²) in [5, 5.41) is 15.0. The third-order valence-electron chi connectivity index (χ3n) is 5.49. The monoisotopic (exact) mass is 505 g/mol. The summed E-state index contributed by atoms with van der Waals surface area (Å²) in [6.07, 6.45) is 1.44. The Bertz CT molecular complexity index is 1600. The molecule has 0 saturated heterocycles. The van der Waals surface area contributed by atoms with Gasteiger partial charge in [0.05, 0.1) is 24.3 Å². The van der Waals surface area contributed by atoms with Crippen molar-refractivity contribution in [2.24, 2.45) is 12.1 Å². The SMILES string of the molecule is CCOC(=O)Cn1c(=O)c2c(nc(N/N=C\c3ccc([N+](=O)[O-])cc3)n2Cc2ccccc2)n(C)c1=O. The van der Waals surface area contributed by atoms with Crippen LogP contribution in [0.25, 0.3) is 11.2 Å². The predicted molar refractivity (Wildman–Crippen MR) is 136 cm³/mol. The molecule has 37 heavy (non-hydrogen) atoms. The largest absolute Gasteiger partial charge is 0.465 e. The molecule has 0 aliphatic rings. The molecule has 0 aliphatic carbocycles. The van der Waals surface area contributed by atoms with Crippen molar-refractivity contribution >= 4 is 35.0 Å². The van der Waals surface area contributed by atoms with Gasteiger partial charge in [0, 0.05) is 19.2 Å². The number of anilines is 1. The Morgan fingerprint density at radius 2 is 1.84 bits per heavy atom. The van der Waals surface area contributed by atoms with E-state index in [-0.39, 0.29) is 36.0 Å². The maximum atomic E-state index is 13.4. The zero-order valence-corrected chi connectivity index (χ0v) is 20.0. The first kappa shape index (κ1) is 25.0. The minimum Gasteiger partial charge on any atom is -0.465 e. The number of non-ortho nitro benzene ring substituents is 1. The van der Waals surface area contributed by atoms with Crippen LogP contribution in [0.2, 0.25) is 0 Å². The number of fused-ring (bicyclic) bond motifs is 1. The topological polar surface area (TPSA) is 156 Å². The number of hydrogen-bond donors (Lipinski definition) is 1. The van der Waals surface area contributed by atoms with Crippen LogP contribution in [0.1, 0.15) is 18.1 Å². The van der Waals surface area contributed by atoms with Crippen LogP contribution in [0, 0.1) is 10.1 Å². The average Bonchev–Trinajstić information content (AvgIpc) is 3.24. The van der Waals surface area contributed by atoms with Gasteiger partial charge in [-0.05, 0) is 30.2 Å². The molecular formula is C24H23N7O6. The average molecular weight is 505 g/mol. The number of nitro groups is 1. The molecular weight excluding hydrogens is 482 g/mol. The van der Waals surface area contributed by atoms with Crippen molar-refractivity contribution < 1.29 is 14.5 Å². The van der Waals surface area contributed by atoms with Gasteiger partial charge in [-0.15, -0.1) is 0 Å². The number of hydrogen-bond acceptors (Lipinski definition) is 9. The lowest BCUT2D eigenvalue weighted by atomic mass is 10.2. The van der Waals surface area contributed by atoms with Crippen molar-refractivity contribution in [3.05, 3.63) is 96.7 Å². The van der Waals surface area contributed by atoms with Crippen LogP contribution < -0.4 is 16.7 Å². The Morgan fingerprint density at radius 1 is 1.14 bits per heavy atom. The Balaban J connectivity index is 1.79. The molecule has 13 heteroatoms. The molecule has 0 atom stereocenters. The third-order valence-corrected chi connectivity index (χ3v) is 5.49. The van der Waals surface area contributed by atoms with Crippen molar-refractivity contribution in [3.8, 4) is 0 Å². The van der Waals surface area contributed by atoms with Crippen LogP contribution in [0.5, 0.6) is 0 Å². The fourth-order valence-corrected chi connectivity index (χ4v) is 3.70. The van der Waals surface area contributed by atoms with Crippen LogP contribution in [-0.4, -0.2) is 42.4 Å². The highest BCUT2D eigenvalue weighted by Gasteiger charge is 2.22. The van der Waals surface area contributed by atoms with Gasteiger partial charge in [0.25, 0.3) is 11.2 Å². The summed E-state index contributed by atoms with van der Waals surface area (Å²) in [7, 11) is 1.45. The number of benzene rings is 2. The summed E-state index contributed by atoms with van der Waals surface area (Å²) >= 11 is 0. The lowest BCUT2D eigenvalue weighted by Gasteiger charge is -2.10. The number of imidazole rings is 1. The second-order valence-corrected chi connectivity index (χ2v) is 7.94. The number of nitrogens with one attached hydrogen (secondary N) is 1. The minimum atomic E-state index is -0.712. The number of nitrogens with zero attached hydrogens (tertiary/aromatic N) is 6. The standard InChI is InChI=1S/C24H23N7O6/c1-3-37-19(32)15-30-22(33)20-21(28(2)24(30)34)26-23(29(20)14-17-7-5-4-6-8-17)27-25-13-16-9-11-18(12-10-16)31(35)36/h4-13H,3,14-15H2,1-2H3,(H,26,27)/b25-13-. The third kappa shape index (κ3) is 5.29. The van der Waals surface area contributed by atoms with Crippen molar-refractivity contribution in [1.82, 2.24) is 18.7 Å². The molecule has 13 nitrogen and oxygen atoms in total. The summed E-state index contributed by atoms with van der Waals surface area (Å²) in [5.74, 6) is -0.528. The smallest absolute Gasteiger partial charge is 0.333 e. The number of aromatic nitrogens is 4. The van der Waals surface area contributed by atoms with E-state index < -0.39 is 28.7 Å². The number of carbonyl (C=O) groups excluding carboxylic acids is 1. The van der Waals surface area contributed by atoms with Gasteiger partial charge in [0.1, 0.15) is 6.54 Å². The maximum absolute atomic E-state index is 13.4. The van der Waals surface area contributed by atoms with Crippen molar-refractivity contribution in [3.63, 3.8) is 0 Å². The second-order valence-electron chi connectivity index (χ2n) is 7.94. The highest BCUT2D eigenvalue weighted by atomic mass is 16.6. The first-order chi connectivity index (χ1) is 17.8. The molecule has 0 amide bonds. The van der Waals surface area contributed by atoms with Crippen LogP contribution in [0.4, 0.5) is 11.6 Å². The Hall–Kier alpha value is -5.07. The lowest BCUT2D eigenvalue weighted by molar-refractivity contribution is -0.384. The van der Waals surface area contributed by atoms with E-state index in [2.05, 4.69) is 15.5 Å². The number of ether oxygens (including phenoxy) is 1. The zero-order chi connectivity index (χ0) is 26.5. The molecule has 0 aliphatic heterocycles. The number of nitro benzene ring substituents is 1. The van der Waals surface area contributed by atoms with E-state index in [9.17, 15) is 24.5 Å². The Morgan fingerprint density at radius 3 is 2.49 bits per heavy atom. The summed E-state index contributed by atoms with van der Waals surface area (Å²) in [6, 6.07) is 15.1. The first-order valence-electron chi connectivity index (χ1n) is 11.2. The van der Waals surface area contributed by atoms with Gasteiger partial charge in [-0.2, -0.15) is 10.1 Å². The summed E-state index contributed by atoms with van der Waals surface area (Å²) in [4.78, 5) is 53.1. The predicted octanol–water partition coefficient (Wildman–Crippen LogP) is 1.86. The molecule has 1 N–H and O–H groups in total. The van der Waals surface area contributed by atoms with Crippen LogP contribution >= 0.6 is 0 Å². The van der Waals surface area contributed by atoms with E-state index in [0.717, 1.165) is 10.1 Å². The van der Waals surface area contributed by atoms with Gasteiger partial charge in [-0.1, -0.05) is 30.3 Å². The van der Waals surface area contributed by atoms with Crippen molar-refractivity contribution in [2.75, 3.05) is 12.0 Å². The summed E-state index contributed by atoms with van der Waals surface area (Å²) < 4.78 is 8.48. The van der Waals surface area contributed by atoms with Crippen LogP contribution in [-0.2, 0) is 29.7 Å². The molecule has 0 radical (unpaired) electrons. The van der Waals surface area contributed by atoms with Gasteiger partial charge in [-0.25, -0.2) is 14.8 Å². The molecule has 2 aromatic heterocycles. The van der Waals surface area contributed by atoms with Gasteiger partial charge >= 0.3 is 11.7 Å². The van der Waals surface area contributed by atoms with Crippen LogP contribution in [0.3, 0.4) is 0 Å². The molecule has 0 bridgehead atoms. The van der Waals surface area contributed by atoms with Gasteiger partial charge in [0.2, 0.25) is 5.95 Å². The molecule has 0 fully saturated rings. The molecule has 4 aromatic rings. The summed E-state index contributed by atoms with van der Waals surface area (Å²) in [5.41, 5.74) is 3.00. The fourth-order valence-electron chi connectivity index (χ4n) is 3.70. The van der Waals surface area contributed by atoms with E-state index in [0.29, 0.717) is 5.56 Å². The molecule has 190 valence electrons. The summed E-state index contributed by atoms with van der Waals surface area (Å²) in [6.45, 7) is 1.43. The molecule has 4 rings (SSSR count). The van der Waals surface area contributed by atoms with E-state index in [1.165, 1.54) is 42.1 Å². The number of carbonyl (C=O) groups is 1. The van der Waals surface area contributed by atoms with Gasteiger partial charge in [-0.3, -0.25) is 28.8 Å². The zero-order valence-electron chi connectivity index (χ0n) is 20.0.